The molecule has 0 radical (unpaired) electrons. The summed E-state index contributed by atoms with van der Waals surface area (Å²) in [5.41, 5.74) is 1.75. The van der Waals surface area contributed by atoms with E-state index in [9.17, 15) is 13.2 Å². The van der Waals surface area contributed by atoms with Gasteiger partial charge in [-0.1, -0.05) is 0 Å². The van der Waals surface area contributed by atoms with E-state index < -0.39 is 10.0 Å². The first-order valence-electron chi connectivity index (χ1n) is 8.72. The molecule has 0 saturated carbocycles. The summed E-state index contributed by atoms with van der Waals surface area (Å²) in [5, 5.41) is 8.00. The fourth-order valence-corrected chi connectivity index (χ4v) is 5.45. The minimum Gasteiger partial charge on any atom is -0.336 e. The van der Waals surface area contributed by atoms with Crippen LogP contribution < -0.4 is 0 Å². The first-order chi connectivity index (χ1) is 13.5. The summed E-state index contributed by atoms with van der Waals surface area (Å²) in [7, 11) is -2.03. The van der Waals surface area contributed by atoms with Crippen LogP contribution in [0.25, 0.3) is 11.3 Å². The molecule has 0 unspecified atom stereocenters. The van der Waals surface area contributed by atoms with Gasteiger partial charge in [-0.05, 0) is 23.6 Å². The topological polar surface area (TPSA) is 88.4 Å². The highest BCUT2D eigenvalue weighted by molar-refractivity contribution is 7.89. The quantitative estimate of drug-likeness (QED) is 0.645. The molecule has 3 aromatic heterocycles. The number of hydrogen-bond acceptors (Lipinski definition) is 6. The average molecular weight is 418 g/mol. The summed E-state index contributed by atoms with van der Waals surface area (Å²) in [6, 6.07) is 5.25. The molecule has 0 bridgehead atoms. The molecule has 0 aliphatic carbocycles. The fraction of sp³-hybridized carbons (Fsp3) is 0.278. The first kappa shape index (κ1) is 18.8. The number of hydrogen-bond donors (Lipinski definition) is 0. The lowest BCUT2D eigenvalue weighted by molar-refractivity contribution is 0.0698. The van der Waals surface area contributed by atoms with E-state index >= 15 is 0 Å². The van der Waals surface area contributed by atoms with E-state index in [0.717, 1.165) is 0 Å². The molecule has 0 N–H and O–H groups in total. The highest BCUT2D eigenvalue weighted by Gasteiger charge is 2.33. The van der Waals surface area contributed by atoms with Crippen LogP contribution in [0.15, 0.2) is 52.4 Å². The Labute approximate surface area is 167 Å². The number of aryl methyl sites for hydroxylation is 1. The Morgan fingerprint density at radius 2 is 1.82 bits per heavy atom. The molecule has 28 heavy (non-hydrogen) atoms. The van der Waals surface area contributed by atoms with Crippen molar-refractivity contribution in [3.8, 4) is 11.3 Å². The van der Waals surface area contributed by atoms with Gasteiger partial charge in [-0.25, -0.2) is 8.42 Å². The Morgan fingerprint density at radius 3 is 2.46 bits per heavy atom. The number of pyridine rings is 1. The SMILES string of the molecule is Cn1cc(S(=O)(=O)N2CCN(C(=O)c3ccsc3)CC2)c(-c2ccncc2)n1. The van der Waals surface area contributed by atoms with Crippen molar-refractivity contribution in [1.82, 2.24) is 24.0 Å². The number of thiophene rings is 1. The number of piperazine rings is 1. The summed E-state index contributed by atoms with van der Waals surface area (Å²) in [5.74, 6) is -0.0582. The van der Waals surface area contributed by atoms with Crippen molar-refractivity contribution in [2.45, 2.75) is 4.90 Å². The summed E-state index contributed by atoms with van der Waals surface area (Å²) in [4.78, 5) is 18.3. The molecule has 8 nitrogen and oxygen atoms in total. The number of aromatic nitrogens is 3. The van der Waals surface area contributed by atoms with Crippen molar-refractivity contribution in [3.63, 3.8) is 0 Å². The summed E-state index contributed by atoms with van der Waals surface area (Å²) >= 11 is 1.47. The molecule has 4 heterocycles. The van der Waals surface area contributed by atoms with Crippen molar-refractivity contribution in [2.75, 3.05) is 26.2 Å². The monoisotopic (exact) mass is 417 g/mol. The number of sulfonamides is 1. The van der Waals surface area contributed by atoms with Gasteiger partial charge in [0.05, 0.1) is 5.56 Å². The maximum absolute atomic E-state index is 13.3. The lowest BCUT2D eigenvalue weighted by Gasteiger charge is -2.33. The van der Waals surface area contributed by atoms with Crippen molar-refractivity contribution in [1.29, 1.82) is 0 Å². The fourth-order valence-electron chi connectivity index (χ4n) is 3.20. The second-order valence-corrected chi connectivity index (χ2v) is 9.15. The van der Waals surface area contributed by atoms with Crippen LogP contribution in [0.4, 0.5) is 0 Å². The van der Waals surface area contributed by atoms with Crippen LogP contribution >= 0.6 is 11.3 Å². The predicted molar refractivity (Wildman–Crippen MR) is 105 cm³/mol. The van der Waals surface area contributed by atoms with Crippen LogP contribution in [0.3, 0.4) is 0 Å². The Balaban J connectivity index is 1.55. The molecule has 1 fully saturated rings. The highest BCUT2D eigenvalue weighted by atomic mass is 32.2. The Kier molecular flexibility index (Phi) is 5.00. The number of carbonyl (C=O) groups is 1. The van der Waals surface area contributed by atoms with Crippen LogP contribution in [0, 0.1) is 0 Å². The zero-order valence-corrected chi connectivity index (χ0v) is 16.9. The molecule has 1 aliphatic heterocycles. The molecule has 4 rings (SSSR count). The van der Waals surface area contributed by atoms with Crippen LogP contribution in [-0.2, 0) is 17.1 Å². The van der Waals surface area contributed by atoms with E-state index in [1.807, 2.05) is 10.8 Å². The number of carbonyl (C=O) groups excluding carboxylic acids is 1. The van der Waals surface area contributed by atoms with Crippen molar-refractivity contribution in [2.24, 2.45) is 7.05 Å². The Morgan fingerprint density at radius 1 is 1.11 bits per heavy atom. The Bertz CT molecular complexity index is 1070. The van der Waals surface area contributed by atoms with Crippen molar-refractivity contribution >= 4 is 27.3 Å². The lowest BCUT2D eigenvalue weighted by atomic mass is 10.2. The third-order valence-corrected chi connectivity index (χ3v) is 7.24. The van der Waals surface area contributed by atoms with Gasteiger partial charge in [0.25, 0.3) is 5.91 Å². The molecule has 10 heteroatoms. The van der Waals surface area contributed by atoms with E-state index in [-0.39, 0.29) is 23.9 Å². The minimum absolute atomic E-state index is 0.0582. The molecule has 1 amide bonds. The zero-order chi connectivity index (χ0) is 19.7. The van der Waals surface area contributed by atoms with Crippen LogP contribution in [-0.4, -0.2) is 64.5 Å². The molecule has 1 aliphatic rings. The van der Waals surface area contributed by atoms with Gasteiger partial charge in [-0.15, -0.1) is 0 Å². The van der Waals surface area contributed by atoms with Crippen LogP contribution in [0.2, 0.25) is 0 Å². The van der Waals surface area contributed by atoms with Gasteiger partial charge < -0.3 is 4.90 Å². The first-order valence-corrected chi connectivity index (χ1v) is 11.1. The molecular weight excluding hydrogens is 398 g/mol. The number of rotatable bonds is 4. The largest absolute Gasteiger partial charge is 0.336 e. The van der Waals surface area contributed by atoms with Gasteiger partial charge in [0, 0.05) is 62.8 Å². The highest BCUT2D eigenvalue weighted by Crippen LogP contribution is 2.28. The van der Waals surface area contributed by atoms with Crippen molar-refractivity contribution in [3.05, 3.63) is 53.1 Å². The Hall–Kier alpha value is -2.56. The normalized spacial score (nSPS) is 15.7. The average Bonchev–Trinajstić information content (AvgIpc) is 3.38. The second-order valence-electron chi connectivity index (χ2n) is 6.46. The minimum atomic E-state index is -3.73. The second kappa shape index (κ2) is 7.46. The van der Waals surface area contributed by atoms with Gasteiger partial charge >= 0.3 is 0 Å². The van der Waals surface area contributed by atoms with Crippen molar-refractivity contribution < 1.29 is 13.2 Å². The van der Waals surface area contributed by atoms with E-state index in [4.69, 9.17) is 0 Å². The predicted octanol–water partition coefficient (Wildman–Crippen LogP) is 1.69. The van der Waals surface area contributed by atoms with E-state index in [0.29, 0.717) is 29.9 Å². The number of nitrogens with zero attached hydrogens (tertiary/aromatic N) is 5. The van der Waals surface area contributed by atoms with Crippen LogP contribution in [0.5, 0.6) is 0 Å². The summed E-state index contributed by atoms with van der Waals surface area (Å²) < 4.78 is 29.4. The third-order valence-electron chi connectivity index (χ3n) is 4.66. The molecular formula is C18H19N5O3S2. The smallest absolute Gasteiger partial charge is 0.254 e. The standard InChI is InChI=1S/C18H19N5O3S2/c1-21-12-16(17(20-21)14-2-5-19-6-3-14)28(25,26)23-9-7-22(8-10-23)18(24)15-4-11-27-13-15/h2-6,11-13H,7-10H2,1H3. The molecule has 0 spiro atoms. The zero-order valence-electron chi connectivity index (χ0n) is 15.2. The van der Waals surface area contributed by atoms with E-state index in [2.05, 4.69) is 10.1 Å². The molecule has 0 aromatic carbocycles. The summed E-state index contributed by atoms with van der Waals surface area (Å²) in [6.45, 7) is 1.23. The molecule has 3 aromatic rings. The van der Waals surface area contributed by atoms with E-state index in [1.165, 1.54) is 26.5 Å². The van der Waals surface area contributed by atoms with Gasteiger partial charge in [-0.3, -0.25) is 14.5 Å². The van der Waals surface area contributed by atoms with Gasteiger partial charge in [-0.2, -0.15) is 20.7 Å². The summed E-state index contributed by atoms with van der Waals surface area (Å²) in [6.07, 6.45) is 4.73. The maximum Gasteiger partial charge on any atom is 0.254 e. The van der Waals surface area contributed by atoms with E-state index in [1.54, 1.807) is 42.5 Å². The molecule has 146 valence electrons. The maximum atomic E-state index is 13.3. The lowest BCUT2D eigenvalue weighted by Crippen LogP contribution is -2.50. The molecule has 0 atom stereocenters. The van der Waals surface area contributed by atoms with Crippen LogP contribution in [0.1, 0.15) is 10.4 Å². The number of amides is 1. The third kappa shape index (κ3) is 3.46. The van der Waals surface area contributed by atoms with Gasteiger partial charge in [0.15, 0.2) is 0 Å². The van der Waals surface area contributed by atoms with Gasteiger partial charge in [0.2, 0.25) is 10.0 Å². The molecule has 1 saturated heterocycles. The van der Waals surface area contributed by atoms with Gasteiger partial charge in [0.1, 0.15) is 10.6 Å².